The van der Waals surface area contributed by atoms with Gasteiger partial charge in [0.15, 0.2) is 0 Å². The van der Waals surface area contributed by atoms with Crippen molar-refractivity contribution in [2.75, 3.05) is 19.6 Å². The first kappa shape index (κ1) is 25.0. The minimum absolute atomic E-state index is 0.234. The van der Waals surface area contributed by atoms with Gasteiger partial charge in [0.1, 0.15) is 18.0 Å². The Bertz CT molecular complexity index is 1540. The Morgan fingerprint density at radius 2 is 1.86 bits per heavy atom. The van der Waals surface area contributed by atoms with Crippen LogP contribution in [0.2, 0.25) is 0 Å². The summed E-state index contributed by atoms with van der Waals surface area (Å²) in [5.74, 6) is -0.471. The van der Waals surface area contributed by atoms with Gasteiger partial charge in [0.25, 0.3) is 0 Å². The van der Waals surface area contributed by atoms with E-state index in [2.05, 4.69) is 33.7 Å². The number of nitriles is 2. The number of β-amino-alcohol motifs (C(OH)–C–C–N with tert-alkyl or cyclic N) is 1. The number of hydrogen-bond acceptors (Lipinski definition) is 7. The lowest BCUT2D eigenvalue weighted by Crippen LogP contribution is -2.39. The van der Waals surface area contributed by atoms with Crippen molar-refractivity contribution in [1.82, 2.24) is 24.3 Å². The van der Waals surface area contributed by atoms with Gasteiger partial charge in [-0.05, 0) is 51.0 Å². The number of nitrogens with zero attached hydrogens (tertiary/aromatic N) is 7. The van der Waals surface area contributed by atoms with E-state index in [-0.39, 0.29) is 17.7 Å². The van der Waals surface area contributed by atoms with Gasteiger partial charge in [0.05, 0.1) is 41.2 Å². The summed E-state index contributed by atoms with van der Waals surface area (Å²) in [7, 11) is 0. The van der Waals surface area contributed by atoms with Gasteiger partial charge in [-0.15, -0.1) is 0 Å². The summed E-state index contributed by atoms with van der Waals surface area (Å²) in [6, 6.07) is 10.6. The Morgan fingerprint density at radius 1 is 1.11 bits per heavy atom. The van der Waals surface area contributed by atoms with E-state index >= 15 is 0 Å². The Morgan fingerprint density at radius 3 is 2.57 bits per heavy atom. The maximum absolute atomic E-state index is 13.7. The number of rotatable bonds is 6. The third-order valence-corrected chi connectivity index (χ3v) is 7.87. The number of aliphatic hydroxyl groups is 1. The summed E-state index contributed by atoms with van der Waals surface area (Å²) in [6.45, 7) is 6.39. The number of pyridine rings is 1. The van der Waals surface area contributed by atoms with E-state index in [1.807, 2.05) is 25.4 Å². The Balaban J connectivity index is 1.50. The number of likely N-dealkylation sites (tertiary alicyclic amines) is 1. The first-order chi connectivity index (χ1) is 17.9. The zero-order valence-corrected chi connectivity index (χ0v) is 21.4. The van der Waals surface area contributed by atoms with Gasteiger partial charge in [-0.2, -0.15) is 20.7 Å². The highest BCUT2D eigenvalue weighted by atomic mass is 32.2. The number of fused-ring (bicyclic) bond motifs is 1. The van der Waals surface area contributed by atoms with Crippen LogP contribution in [-0.2, 0) is 0 Å². The van der Waals surface area contributed by atoms with Crippen LogP contribution in [0.5, 0.6) is 0 Å². The molecule has 4 heterocycles. The van der Waals surface area contributed by atoms with Crippen LogP contribution in [0, 0.1) is 35.4 Å². The van der Waals surface area contributed by atoms with Crippen molar-refractivity contribution < 1.29 is 9.50 Å². The van der Waals surface area contributed by atoms with E-state index in [9.17, 15) is 20.0 Å². The van der Waals surface area contributed by atoms with Gasteiger partial charge in [-0.3, -0.25) is 4.68 Å². The standard InChI is InChI=1S/C27H26FN7OS/c1-17(36)15-33-7-5-23(6-8-33)35-18(2)24(14-32-35)20-10-26(27-21(12-30)13-31-34(27)16-20)37-25-4-3-22(28)9-19(25)11-29/h3-4,9-10,13-14,16-17,23,36H,5-8,15H2,1-2H3/t17-/m1/s1. The fourth-order valence-electron chi connectivity index (χ4n) is 4.98. The average molecular weight is 516 g/mol. The van der Waals surface area contributed by atoms with Crippen LogP contribution in [0.1, 0.15) is 42.6 Å². The number of halogens is 1. The zero-order chi connectivity index (χ0) is 26.1. The Labute approximate surface area is 218 Å². The molecule has 1 fully saturated rings. The quantitative estimate of drug-likeness (QED) is 0.401. The van der Waals surface area contributed by atoms with Crippen molar-refractivity contribution in [2.45, 2.75) is 48.6 Å². The minimum Gasteiger partial charge on any atom is -0.392 e. The predicted molar refractivity (Wildman–Crippen MR) is 137 cm³/mol. The Kier molecular flexibility index (Phi) is 6.98. The maximum Gasteiger partial charge on any atom is 0.124 e. The third-order valence-electron chi connectivity index (χ3n) is 6.76. The molecule has 0 amide bonds. The van der Waals surface area contributed by atoms with Gasteiger partial charge < -0.3 is 10.0 Å². The van der Waals surface area contributed by atoms with Gasteiger partial charge in [-0.25, -0.2) is 8.91 Å². The topological polar surface area (TPSA) is 106 Å². The van der Waals surface area contributed by atoms with Gasteiger partial charge in [0, 0.05) is 52.4 Å². The Hall–Kier alpha value is -3.70. The van der Waals surface area contributed by atoms with Crippen molar-refractivity contribution in [3.8, 4) is 23.3 Å². The molecular formula is C27H26FN7OS. The molecular weight excluding hydrogens is 489 g/mol. The largest absolute Gasteiger partial charge is 0.392 e. The molecule has 1 N–H and O–H groups in total. The molecule has 5 rings (SSSR count). The molecule has 1 aliphatic heterocycles. The van der Waals surface area contributed by atoms with E-state index in [1.165, 1.54) is 30.1 Å². The summed E-state index contributed by atoms with van der Waals surface area (Å²) in [4.78, 5) is 3.63. The molecule has 0 unspecified atom stereocenters. The molecule has 0 spiro atoms. The highest BCUT2D eigenvalue weighted by Crippen LogP contribution is 2.38. The summed E-state index contributed by atoms with van der Waals surface area (Å²) in [6.07, 6.45) is 6.86. The second kappa shape index (κ2) is 10.3. The summed E-state index contributed by atoms with van der Waals surface area (Å²) >= 11 is 1.31. The smallest absolute Gasteiger partial charge is 0.124 e. The lowest BCUT2D eigenvalue weighted by molar-refractivity contribution is 0.0992. The fraction of sp³-hybridized carbons (Fsp3) is 0.333. The summed E-state index contributed by atoms with van der Waals surface area (Å²) < 4.78 is 17.5. The van der Waals surface area contributed by atoms with Crippen LogP contribution in [0.25, 0.3) is 16.6 Å². The van der Waals surface area contributed by atoms with Crippen molar-refractivity contribution in [3.05, 3.63) is 65.5 Å². The van der Waals surface area contributed by atoms with Crippen LogP contribution >= 0.6 is 11.8 Å². The number of aliphatic hydroxyl groups excluding tert-OH is 1. The molecule has 0 radical (unpaired) electrons. The molecule has 0 bridgehead atoms. The molecule has 1 saturated heterocycles. The summed E-state index contributed by atoms with van der Waals surface area (Å²) in [5, 5.41) is 38.0. The highest BCUT2D eigenvalue weighted by molar-refractivity contribution is 7.99. The normalized spacial score (nSPS) is 15.5. The van der Waals surface area contributed by atoms with E-state index in [0.29, 0.717) is 22.5 Å². The van der Waals surface area contributed by atoms with E-state index < -0.39 is 5.82 Å². The van der Waals surface area contributed by atoms with Crippen LogP contribution in [0.4, 0.5) is 4.39 Å². The first-order valence-electron chi connectivity index (χ1n) is 12.1. The SMILES string of the molecule is Cc1c(-c2cc(Sc3ccc(F)cc3C#N)c3c(C#N)cnn3c2)cnn1C1CCN(C[C@@H](C)O)CC1. The maximum atomic E-state index is 13.7. The fourth-order valence-corrected chi connectivity index (χ4v) is 6.06. The van der Waals surface area contributed by atoms with E-state index in [1.54, 1.807) is 10.6 Å². The number of aromatic nitrogens is 4. The molecule has 188 valence electrons. The van der Waals surface area contributed by atoms with Crippen molar-refractivity contribution in [1.29, 1.82) is 10.5 Å². The molecule has 37 heavy (non-hydrogen) atoms. The van der Waals surface area contributed by atoms with Crippen LogP contribution in [-0.4, -0.2) is 55.1 Å². The molecule has 1 aromatic carbocycles. The van der Waals surface area contributed by atoms with Crippen molar-refractivity contribution >= 4 is 17.3 Å². The average Bonchev–Trinajstić information content (AvgIpc) is 3.48. The predicted octanol–water partition coefficient (Wildman–Crippen LogP) is 4.56. The molecule has 1 aliphatic rings. The van der Waals surface area contributed by atoms with Gasteiger partial charge >= 0.3 is 0 Å². The van der Waals surface area contributed by atoms with E-state index in [4.69, 9.17) is 5.10 Å². The molecule has 0 aliphatic carbocycles. The highest BCUT2D eigenvalue weighted by Gasteiger charge is 2.24. The van der Waals surface area contributed by atoms with Crippen LogP contribution < -0.4 is 0 Å². The minimum atomic E-state index is -0.471. The summed E-state index contributed by atoms with van der Waals surface area (Å²) in [5.41, 5.74) is 4.18. The second-order valence-electron chi connectivity index (χ2n) is 9.38. The lowest BCUT2D eigenvalue weighted by atomic mass is 10.0. The van der Waals surface area contributed by atoms with Crippen LogP contribution in [0.3, 0.4) is 0 Å². The molecule has 3 aromatic heterocycles. The van der Waals surface area contributed by atoms with E-state index in [0.717, 1.165) is 47.6 Å². The van der Waals surface area contributed by atoms with Crippen LogP contribution in [0.15, 0.2) is 52.6 Å². The number of piperidine rings is 1. The van der Waals surface area contributed by atoms with Gasteiger partial charge in [-0.1, -0.05) is 11.8 Å². The van der Waals surface area contributed by atoms with Gasteiger partial charge in [0.2, 0.25) is 0 Å². The molecule has 10 heteroatoms. The number of hydrogen-bond donors (Lipinski definition) is 1. The number of benzene rings is 1. The molecule has 1 atom stereocenters. The van der Waals surface area contributed by atoms with Crippen molar-refractivity contribution in [3.63, 3.8) is 0 Å². The molecule has 4 aromatic rings. The zero-order valence-electron chi connectivity index (χ0n) is 20.6. The lowest BCUT2D eigenvalue weighted by Gasteiger charge is -2.33. The third kappa shape index (κ3) is 4.96. The van der Waals surface area contributed by atoms with Crippen molar-refractivity contribution in [2.24, 2.45) is 0 Å². The molecule has 0 saturated carbocycles. The molecule has 8 nitrogen and oxygen atoms in total. The second-order valence-corrected chi connectivity index (χ2v) is 10.5. The monoisotopic (exact) mass is 515 g/mol. The first-order valence-corrected chi connectivity index (χ1v) is 12.9.